The predicted molar refractivity (Wildman–Crippen MR) is 90.4 cm³/mol. The van der Waals surface area contributed by atoms with Crippen LogP contribution in [-0.4, -0.2) is 30.3 Å². The molecular weight excluding hydrogens is 306 g/mol. The molecule has 1 aliphatic carbocycles. The van der Waals surface area contributed by atoms with Gasteiger partial charge in [0.15, 0.2) is 0 Å². The zero-order valence-electron chi connectivity index (χ0n) is 13.7. The van der Waals surface area contributed by atoms with E-state index in [1.807, 2.05) is 0 Å². The zero-order valence-corrected chi connectivity index (χ0v) is 13.7. The summed E-state index contributed by atoms with van der Waals surface area (Å²) in [4.78, 5) is 37.5. The summed E-state index contributed by atoms with van der Waals surface area (Å²) in [7, 11) is 0. The maximum absolute atomic E-state index is 12.4. The molecule has 0 spiro atoms. The van der Waals surface area contributed by atoms with Gasteiger partial charge in [-0.3, -0.25) is 14.4 Å². The molecule has 24 heavy (non-hydrogen) atoms. The van der Waals surface area contributed by atoms with Gasteiger partial charge in [-0.2, -0.15) is 0 Å². The smallest absolute Gasteiger partial charge is 0.251 e. The lowest BCUT2D eigenvalue weighted by Crippen LogP contribution is -2.42. The van der Waals surface area contributed by atoms with Crippen LogP contribution in [0.2, 0.25) is 0 Å². The molecule has 3 rings (SSSR count). The highest BCUT2D eigenvalue weighted by Crippen LogP contribution is 2.26. The van der Waals surface area contributed by atoms with Crippen molar-refractivity contribution in [3.8, 4) is 0 Å². The Balaban J connectivity index is 1.65. The monoisotopic (exact) mass is 329 g/mol. The van der Waals surface area contributed by atoms with Crippen LogP contribution in [0.1, 0.15) is 48.9 Å². The van der Waals surface area contributed by atoms with Crippen molar-refractivity contribution in [1.82, 2.24) is 5.32 Å². The quantitative estimate of drug-likeness (QED) is 0.878. The Morgan fingerprint density at radius 3 is 2.50 bits per heavy atom. The van der Waals surface area contributed by atoms with E-state index in [4.69, 9.17) is 5.73 Å². The van der Waals surface area contributed by atoms with E-state index in [1.54, 1.807) is 29.2 Å². The molecule has 1 aromatic rings. The summed E-state index contributed by atoms with van der Waals surface area (Å²) in [5.74, 6) is -0.700. The third-order valence-electron chi connectivity index (χ3n) is 4.96. The fourth-order valence-electron chi connectivity index (χ4n) is 3.60. The van der Waals surface area contributed by atoms with Crippen LogP contribution in [-0.2, 0) is 9.59 Å². The summed E-state index contributed by atoms with van der Waals surface area (Å²) in [6, 6.07) is 6.87. The summed E-state index contributed by atoms with van der Waals surface area (Å²) in [6.45, 7) is 0.729. The van der Waals surface area contributed by atoms with Crippen LogP contribution < -0.4 is 16.0 Å². The Kier molecular flexibility index (Phi) is 4.83. The number of carbonyl (C=O) groups is 3. The summed E-state index contributed by atoms with van der Waals surface area (Å²) in [5.41, 5.74) is 6.74. The molecule has 2 unspecified atom stereocenters. The number of hydrogen-bond donors (Lipinski definition) is 2. The maximum atomic E-state index is 12.4. The highest BCUT2D eigenvalue weighted by atomic mass is 16.2. The van der Waals surface area contributed by atoms with Crippen LogP contribution in [0, 0.1) is 5.92 Å². The van der Waals surface area contributed by atoms with Crippen molar-refractivity contribution in [3.63, 3.8) is 0 Å². The minimum absolute atomic E-state index is 0.133. The predicted octanol–water partition coefficient (Wildman–Crippen LogP) is 1.59. The van der Waals surface area contributed by atoms with Gasteiger partial charge in [-0.1, -0.05) is 6.42 Å². The first kappa shape index (κ1) is 16.5. The molecular formula is C18H23N3O3. The van der Waals surface area contributed by atoms with E-state index < -0.39 is 0 Å². The molecule has 6 heteroatoms. The van der Waals surface area contributed by atoms with E-state index in [2.05, 4.69) is 5.32 Å². The normalized spacial score (nSPS) is 24.0. The third kappa shape index (κ3) is 3.42. The lowest BCUT2D eigenvalue weighted by atomic mass is 10.0. The molecule has 3 amide bonds. The number of amides is 3. The number of piperidine rings is 1. The number of hydrogen-bond acceptors (Lipinski definition) is 3. The Labute approximate surface area is 141 Å². The van der Waals surface area contributed by atoms with E-state index in [9.17, 15) is 14.4 Å². The lowest BCUT2D eigenvalue weighted by Gasteiger charge is -2.27. The van der Waals surface area contributed by atoms with E-state index in [0.717, 1.165) is 44.3 Å². The number of benzene rings is 1. The number of primary amides is 1. The van der Waals surface area contributed by atoms with Crippen LogP contribution >= 0.6 is 0 Å². The average Bonchev–Trinajstić information content (AvgIpc) is 3.04. The number of nitrogens with zero attached hydrogens (tertiary/aromatic N) is 1. The average molecular weight is 329 g/mol. The molecule has 2 fully saturated rings. The number of anilines is 1. The third-order valence-corrected chi connectivity index (χ3v) is 4.96. The zero-order chi connectivity index (χ0) is 17.1. The van der Waals surface area contributed by atoms with Crippen molar-refractivity contribution in [2.45, 2.75) is 44.6 Å². The van der Waals surface area contributed by atoms with Crippen molar-refractivity contribution in [2.75, 3.05) is 11.4 Å². The largest absolute Gasteiger partial charge is 0.369 e. The van der Waals surface area contributed by atoms with Gasteiger partial charge < -0.3 is 16.0 Å². The Hall–Kier alpha value is -2.37. The number of nitrogens with one attached hydrogen (secondary N) is 1. The minimum atomic E-state index is -0.350. The van der Waals surface area contributed by atoms with Gasteiger partial charge in [0, 0.05) is 30.3 Å². The van der Waals surface area contributed by atoms with Crippen molar-refractivity contribution >= 4 is 23.4 Å². The summed E-state index contributed by atoms with van der Waals surface area (Å²) >= 11 is 0. The lowest BCUT2D eigenvalue weighted by molar-refractivity contribution is -0.122. The molecule has 6 nitrogen and oxygen atoms in total. The van der Waals surface area contributed by atoms with Crippen molar-refractivity contribution < 1.29 is 14.4 Å². The van der Waals surface area contributed by atoms with Crippen molar-refractivity contribution in [3.05, 3.63) is 29.8 Å². The van der Waals surface area contributed by atoms with Gasteiger partial charge in [0.1, 0.15) is 0 Å². The van der Waals surface area contributed by atoms with E-state index in [0.29, 0.717) is 12.0 Å². The second-order valence-corrected chi connectivity index (χ2v) is 6.57. The van der Waals surface area contributed by atoms with Gasteiger partial charge in [0.25, 0.3) is 5.91 Å². The molecule has 3 N–H and O–H groups in total. The molecule has 1 saturated heterocycles. The SMILES string of the molecule is NC(=O)C1CCCC1NC(=O)c1ccc(N2CCCCC2=O)cc1. The molecule has 2 atom stereocenters. The molecule has 0 aromatic heterocycles. The first-order chi connectivity index (χ1) is 11.6. The molecule has 1 aromatic carbocycles. The topological polar surface area (TPSA) is 92.5 Å². The van der Waals surface area contributed by atoms with Crippen LogP contribution in [0.5, 0.6) is 0 Å². The highest BCUT2D eigenvalue weighted by Gasteiger charge is 2.32. The molecule has 1 heterocycles. The van der Waals surface area contributed by atoms with Crippen molar-refractivity contribution in [1.29, 1.82) is 0 Å². The maximum Gasteiger partial charge on any atom is 0.251 e. The second kappa shape index (κ2) is 7.03. The fraction of sp³-hybridized carbons (Fsp3) is 0.500. The number of carbonyl (C=O) groups excluding carboxylic acids is 3. The molecule has 0 radical (unpaired) electrons. The molecule has 2 aliphatic rings. The van der Waals surface area contributed by atoms with Gasteiger partial charge in [0.2, 0.25) is 11.8 Å². The fourth-order valence-corrected chi connectivity index (χ4v) is 3.60. The molecule has 1 aliphatic heterocycles. The van der Waals surface area contributed by atoms with Gasteiger partial charge in [-0.25, -0.2) is 0 Å². The first-order valence-electron chi connectivity index (χ1n) is 8.57. The standard InChI is InChI=1S/C18H23N3O3/c19-17(23)14-4-3-5-15(14)20-18(24)12-7-9-13(10-8-12)21-11-2-1-6-16(21)22/h7-10,14-15H,1-6,11H2,(H2,19,23)(H,20,24). The van der Waals surface area contributed by atoms with Crippen LogP contribution in [0.3, 0.4) is 0 Å². The highest BCUT2D eigenvalue weighted by molar-refractivity contribution is 5.97. The van der Waals surface area contributed by atoms with Crippen LogP contribution in [0.15, 0.2) is 24.3 Å². The van der Waals surface area contributed by atoms with E-state index in [-0.39, 0.29) is 29.7 Å². The summed E-state index contributed by atoms with van der Waals surface area (Å²) in [5, 5.41) is 2.91. The Bertz CT molecular complexity index is 641. The van der Waals surface area contributed by atoms with Crippen molar-refractivity contribution in [2.24, 2.45) is 11.7 Å². The second-order valence-electron chi connectivity index (χ2n) is 6.57. The summed E-state index contributed by atoms with van der Waals surface area (Å²) < 4.78 is 0. The van der Waals surface area contributed by atoms with Crippen LogP contribution in [0.4, 0.5) is 5.69 Å². The molecule has 128 valence electrons. The van der Waals surface area contributed by atoms with E-state index >= 15 is 0 Å². The molecule has 1 saturated carbocycles. The Morgan fingerprint density at radius 1 is 1.08 bits per heavy atom. The number of nitrogens with two attached hydrogens (primary N) is 1. The minimum Gasteiger partial charge on any atom is -0.369 e. The van der Waals surface area contributed by atoms with E-state index in [1.165, 1.54) is 0 Å². The van der Waals surface area contributed by atoms with Gasteiger partial charge in [-0.05, 0) is 49.9 Å². The molecule has 0 bridgehead atoms. The van der Waals surface area contributed by atoms with Gasteiger partial charge in [0.05, 0.1) is 5.92 Å². The van der Waals surface area contributed by atoms with Gasteiger partial charge >= 0.3 is 0 Å². The number of rotatable bonds is 4. The van der Waals surface area contributed by atoms with Gasteiger partial charge in [-0.15, -0.1) is 0 Å². The summed E-state index contributed by atoms with van der Waals surface area (Å²) in [6.07, 6.45) is 4.94. The van der Waals surface area contributed by atoms with Crippen LogP contribution in [0.25, 0.3) is 0 Å². The first-order valence-corrected chi connectivity index (χ1v) is 8.57. The Morgan fingerprint density at radius 2 is 1.83 bits per heavy atom.